The van der Waals surface area contributed by atoms with Crippen molar-refractivity contribution in [3.63, 3.8) is 0 Å². The van der Waals surface area contributed by atoms with Crippen LogP contribution in [0.2, 0.25) is 0 Å². The molecule has 1 aliphatic heterocycles. The number of halogens is 1. The molecule has 0 atom stereocenters. The molecule has 1 saturated heterocycles. The van der Waals surface area contributed by atoms with Gasteiger partial charge in [-0.25, -0.2) is 4.79 Å². The zero-order valence-corrected chi connectivity index (χ0v) is 12.9. The summed E-state index contributed by atoms with van der Waals surface area (Å²) in [5.74, 6) is 0.571. The van der Waals surface area contributed by atoms with Crippen LogP contribution in [0.3, 0.4) is 0 Å². The predicted octanol–water partition coefficient (Wildman–Crippen LogP) is -0.283. The van der Waals surface area contributed by atoms with Crippen molar-refractivity contribution < 1.29 is 9.59 Å². The van der Waals surface area contributed by atoms with Gasteiger partial charge in [0.1, 0.15) is 0 Å². The number of rotatable bonds is 5. The number of hydrogen-bond donors (Lipinski definition) is 3. The minimum Gasteiger partial charge on any atom is -0.370 e. The van der Waals surface area contributed by atoms with Crippen LogP contribution in [-0.4, -0.2) is 49.0 Å². The summed E-state index contributed by atoms with van der Waals surface area (Å²) in [6.45, 7) is 5.53. The molecule has 0 aromatic heterocycles. The second-order valence-electron chi connectivity index (χ2n) is 4.25. The van der Waals surface area contributed by atoms with Gasteiger partial charge in [-0.05, 0) is 5.92 Å². The van der Waals surface area contributed by atoms with E-state index in [1.54, 1.807) is 0 Å². The van der Waals surface area contributed by atoms with Crippen LogP contribution < -0.4 is 16.4 Å². The smallest absolute Gasteiger partial charge is 0.324 e. The van der Waals surface area contributed by atoms with E-state index in [1.807, 2.05) is 13.8 Å². The van der Waals surface area contributed by atoms with Gasteiger partial charge in [0.15, 0.2) is 5.96 Å². The molecular formula is C10H20IN5O2. The number of nitrogens with one attached hydrogen (secondary N) is 2. The second kappa shape index (κ2) is 8.11. The summed E-state index contributed by atoms with van der Waals surface area (Å²) in [6.07, 6.45) is 0. The van der Waals surface area contributed by atoms with E-state index in [0.29, 0.717) is 31.5 Å². The van der Waals surface area contributed by atoms with E-state index in [4.69, 9.17) is 5.73 Å². The van der Waals surface area contributed by atoms with Crippen LogP contribution >= 0.6 is 24.0 Å². The van der Waals surface area contributed by atoms with Crippen molar-refractivity contribution in [2.45, 2.75) is 13.8 Å². The Labute approximate surface area is 124 Å². The Kier molecular flexibility index (Phi) is 7.64. The van der Waals surface area contributed by atoms with E-state index in [-0.39, 0.29) is 42.5 Å². The third kappa shape index (κ3) is 5.52. The standard InChI is InChI=1S/C10H19N5O2.HI/c1-7(2)5-13-9(11)12-3-4-15-8(16)6-14-10(15)17;/h7H,3-6H2,1-2H3,(H,14,17)(H3,11,12,13);1H. The van der Waals surface area contributed by atoms with Crippen LogP contribution in [0.1, 0.15) is 13.8 Å². The van der Waals surface area contributed by atoms with E-state index in [1.165, 1.54) is 0 Å². The number of aliphatic imine (C=N–C) groups is 1. The summed E-state index contributed by atoms with van der Waals surface area (Å²) in [6, 6.07) is -0.352. The highest BCUT2D eigenvalue weighted by molar-refractivity contribution is 14.0. The first-order valence-corrected chi connectivity index (χ1v) is 5.62. The number of amides is 3. The Bertz CT molecular complexity index is 316. The summed E-state index contributed by atoms with van der Waals surface area (Å²) < 4.78 is 0. The molecule has 0 bridgehead atoms. The maximum absolute atomic E-state index is 11.2. The van der Waals surface area contributed by atoms with E-state index in [0.717, 1.165) is 4.90 Å². The first kappa shape index (κ1) is 16.9. The Hall–Kier alpha value is -1.06. The van der Waals surface area contributed by atoms with Crippen molar-refractivity contribution in [2.24, 2.45) is 16.6 Å². The zero-order chi connectivity index (χ0) is 12.8. The monoisotopic (exact) mass is 369 g/mol. The molecular weight excluding hydrogens is 349 g/mol. The van der Waals surface area contributed by atoms with Gasteiger partial charge in [-0.3, -0.25) is 14.7 Å². The third-order valence-corrected chi connectivity index (χ3v) is 2.21. The number of nitrogens with zero attached hydrogens (tertiary/aromatic N) is 2. The molecule has 4 N–H and O–H groups in total. The summed E-state index contributed by atoms with van der Waals surface area (Å²) >= 11 is 0. The van der Waals surface area contributed by atoms with Crippen LogP contribution in [0.25, 0.3) is 0 Å². The quantitative estimate of drug-likeness (QED) is 0.269. The van der Waals surface area contributed by atoms with Crippen LogP contribution in [0.15, 0.2) is 4.99 Å². The highest BCUT2D eigenvalue weighted by Gasteiger charge is 2.27. The molecule has 1 rings (SSSR count). The zero-order valence-electron chi connectivity index (χ0n) is 10.6. The molecule has 0 aromatic rings. The highest BCUT2D eigenvalue weighted by Crippen LogP contribution is 1.96. The molecule has 0 unspecified atom stereocenters. The molecule has 18 heavy (non-hydrogen) atoms. The van der Waals surface area contributed by atoms with E-state index in [2.05, 4.69) is 15.6 Å². The van der Waals surface area contributed by atoms with Crippen molar-refractivity contribution in [3.8, 4) is 0 Å². The van der Waals surface area contributed by atoms with Gasteiger partial charge in [0.05, 0.1) is 6.54 Å². The first-order valence-electron chi connectivity index (χ1n) is 5.62. The fourth-order valence-electron chi connectivity index (χ4n) is 1.31. The fraction of sp³-hybridized carbons (Fsp3) is 0.700. The van der Waals surface area contributed by atoms with Crippen molar-refractivity contribution in [3.05, 3.63) is 0 Å². The predicted molar refractivity (Wildman–Crippen MR) is 79.9 cm³/mol. The van der Waals surface area contributed by atoms with Crippen LogP contribution in [0.5, 0.6) is 0 Å². The van der Waals surface area contributed by atoms with Crippen molar-refractivity contribution in [2.75, 3.05) is 26.2 Å². The lowest BCUT2D eigenvalue weighted by Gasteiger charge is -2.13. The maximum atomic E-state index is 11.2. The molecule has 104 valence electrons. The largest absolute Gasteiger partial charge is 0.370 e. The topological polar surface area (TPSA) is 99.8 Å². The number of carbonyl (C=O) groups is 2. The minimum atomic E-state index is -0.352. The summed E-state index contributed by atoms with van der Waals surface area (Å²) in [5.41, 5.74) is 5.61. The van der Waals surface area contributed by atoms with Gasteiger partial charge < -0.3 is 16.4 Å². The molecule has 7 nitrogen and oxygen atoms in total. The van der Waals surface area contributed by atoms with Gasteiger partial charge in [-0.15, -0.1) is 24.0 Å². The number of nitrogens with two attached hydrogens (primary N) is 1. The number of guanidine groups is 1. The summed E-state index contributed by atoms with van der Waals surface area (Å²) in [7, 11) is 0. The molecule has 0 saturated carbocycles. The van der Waals surface area contributed by atoms with Crippen LogP contribution in [0.4, 0.5) is 4.79 Å². The minimum absolute atomic E-state index is 0. The number of hydrogen-bond acceptors (Lipinski definition) is 3. The Balaban J connectivity index is 0.00000289. The number of urea groups is 1. The second-order valence-corrected chi connectivity index (χ2v) is 4.25. The Morgan fingerprint density at radius 3 is 2.72 bits per heavy atom. The summed E-state index contributed by atoms with van der Waals surface area (Å²) in [5, 5.41) is 5.31. The van der Waals surface area contributed by atoms with Gasteiger partial charge in [0, 0.05) is 19.6 Å². The number of carbonyl (C=O) groups excluding carboxylic acids is 2. The first-order chi connectivity index (χ1) is 8.00. The Morgan fingerprint density at radius 1 is 1.56 bits per heavy atom. The van der Waals surface area contributed by atoms with Crippen molar-refractivity contribution in [1.29, 1.82) is 0 Å². The van der Waals surface area contributed by atoms with E-state index < -0.39 is 0 Å². The van der Waals surface area contributed by atoms with Gasteiger partial charge >= 0.3 is 6.03 Å². The molecule has 1 heterocycles. The number of imide groups is 1. The lowest BCUT2D eigenvalue weighted by molar-refractivity contribution is -0.124. The summed E-state index contributed by atoms with van der Waals surface area (Å²) in [4.78, 5) is 27.7. The van der Waals surface area contributed by atoms with Gasteiger partial charge in [0.2, 0.25) is 5.91 Å². The molecule has 1 aliphatic rings. The normalized spacial score (nSPS) is 15.7. The van der Waals surface area contributed by atoms with Crippen molar-refractivity contribution in [1.82, 2.24) is 15.5 Å². The van der Waals surface area contributed by atoms with E-state index in [9.17, 15) is 9.59 Å². The van der Waals surface area contributed by atoms with Gasteiger partial charge in [0.25, 0.3) is 0 Å². The molecule has 3 amide bonds. The Morgan fingerprint density at radius 2 is 2.22 bits per heavy atom. The maximum Gasteiger partial charge on any atom is 0.324 e. The highest BCUT2D eigenvalue weighted by atomic mass is 127. The average Bonchev–Trinajstić information content (AvgIpc) is 2.57. The molecule has 0 aliphatic carbocycles. The fourth-order valence-corrected chi connectivity index (χ4v) is 1.31. The van der Waals surface area contributed by atoms with Crippen LogP contribution in [0, 0.1) is 5.92 Å². The lowest BCUT2D eigenvalue weighted by atomic mass is 10.2. The van der Waals surface area contributed by atoms with Gasteiger partial charge in [-0.1, -0.05) is 13.8 Å². The molecule has 0 spiro atoms. The van der Waals surface area contributed by atoms with Crippen molar-refractivity contribution >= 4 is 41.9 Å². The van der Waals surface area contributed by atoms with Crippen LogP contribution in [-0.2, 0) is 4.79 Å². The average molecular weight is 369 g/mol. The molecule has 0 aromatic carbocycles. The van der Waals surface area contributed by atoms with E-state index >= 15 is 0 Å². The SMILES string of the molecule is CC(C)CN=C(N)NCCN1C(=O)CNC1=O.I. The molecule has 0 radical (unpaired) electrons. The third-order valence-electron chi connectivity index (χ3n) is 2.21. The van der Waals surface area contributed by atoms with Gasteiger partial charge in [-0.2, -0.15) is 0 Å². The molecule has 8 heteroatoms. The lowest BCUT2D eigenvalue weighted by Crippen LogP contribution is -2.41. The molecule has 1 fully saturated rings.